The van der Waals surface area contributed by atoms with Crippen molar-refractivity contribution in [3.63, 3.8) is 0 Å². The van der Waals surface area contributed by atoms with Crippen LogP contribution >= 0.6 is 0 Å². The highest BCUT2D eigenvalue weighted by atomic mass is 16.5. The number of likely N-dealkylation sites (tertiary alicyclic amines) is 1. The number of pyridine rings is 1. The lowest BCUT2D eigenvalue weighted by Gasteiger charge is -2.34. The molecule has 1 N–H and O–H groups in total. The van der Waals surface area contributed by atoms with Crippen molar-refractivity contribution < 1.29 is 9.53 Å². The van der Waals surface area contributed by atoms with Gasteiger partial charge in [0.25, 0.3) is 0 Å². The largest absolute Gasteiger partial charge is 0.375 e. The summed E-state index contributed by atoms with van der Waals surface area (Å²) in [5, 5.41) is 3.20. The van der Waals surface area contributed by atoms with E-state index < -0.39 is 0 Å². The predicted octanol–water partition coefficient (Wildman–Crippen LogP) is 2.62. The molecule has 0 bridgehead atoms. The Bertz CT molecular complexity index is 723. The molecule has 132 valence electrons. The number of anilines is 2. The van der Waals surface area contributed by atoms with E-state index in [9.17, 15) is 4.79 Å². The second-order valence-corrected chi connectivity index (χ2v) is 6.12. The molecule has 0 aromatic carbocycles. The van der Waals surface area contributed by atoms with Gasteiger partial charge in [0.05, 0.1) is 6.04 Å². The van der Waals surface area contributed by atoms with Crippen molar-refractivity contribution >= 4 is 17.5 Å². The van der Waals surface area contributed by atoms with Gasteiger partial charge < -0.3 is 15.0 Å². The lowest BCUT2D eigenvalue weighted by Crippen LogP contribution is -2.41. The first-order chi connectivity index (χ1) is 12.2. The minimum Gasteiger partial charge on any atom is -0.375 e. The number of aromatic nitrogens is 3. The van der Waals surface area contributed by atoms with Crippen LogP contribution in [0.1, 0.15) is 36.8 Å². The van der Waals surface area contributed by atoms with Gasteiger partial charge in [-0.25, -0.2) is 15.0 Å². The third-order valence-electron chi connectivity index (χ3n) is 4.18. The number of nitrogens with one attached hydrogen (secondary N) is 1. The highest BCUT2D eigenvalue weighted by molar-refractivity contribution is 5.78. The molecule has 2 aromatic heterocycles. The van der Waals surface area contributed by atoms with Crippen LogP contribution in [0.4, 0.5) is 11.6 Å². The summed E-state index contributed by atoms with van der Waals surface area (Å²) >= 11 is 0. The van der Waals surface area contributed by atoms with Crippen molar-refractivity contribution in [3.8, 4) is 0 Å². The zero-order chi connectivity index (χ0) is 17.6. The van der Waals surface area contributed by atoms with Gasteiger partial charge in [0.15, 0.2) is 5.82 Å². The molecule has 1 aliphatic heterocycles. The highest BCUT2D eigenvalue weighted by Gasteiger charge is 2.30. The summed E-state index contributed by atoms with van der Waals surface area (Å²) in [6.45, 7) is 2.73. The number of carbonyl (C=O) groups is 1. The fraction of sp³-hybridized carbons (Fsp3) is 0.444. The molecule has 1 aliphatic rings. The third-order valence-corrected chi connectivity index (χ3v) is 4.18. The normalized spacial score (nSPS) is 17.4. The molecule has 7 nitrogen and oxygen atoms in total. The molecule has 1 saturated heterocycles. The maximum atomic E-state index is 12.4. The van der Waals surface area contributed by atoms with E-state index in [1.54, 1.807) is 6.20 Å². The van der Waals surface area contributed by atoms with Gasteiger partial charge in [0.2, 0.25) is 5.91 Å². The molecule has 0 aliphatic carbocycles. The van der Waals surface area contributed by atoms with Crippen molar-refractivity contribution in [2.24, 2.45) is 0 Å². The summed E-state index contributed by atoms with van der Waals surface area (Å²) < 4.78 is 5.01. The number of carbonyl (C=O) groups excluding carboxylic acids is 1. The van der Waals surface area contributed by atoms with E-state index in [-0.39, 0.29) is 18.6 Å². The van der Waals surface area contributed by atoms with Crippen LogP contribution in [-0.2, 0) is 9.53 Å². The maximum absolute atomic E-state index is 12.4. The van der Waals surface area contributed by atoms with Crippen molar-refractivity contribution in [1.82, 2.24) is 19.9 Å². The summed E-state index contributed by atoms with van der Waals surface area (Å²) in [6, 6.07) is 7.43. The number of piperidine rings is 1. The van der Waals surface area contributed by atoms with Gasteiger partial charge in [-0.1, -0.05) is 6.07 Å². The van der Waals surface area contributed by atoms with Gasteiger partial charge in [-0.2, -0.15) is 0 Å². The quantitative estimate of drug-likeness (QED) is 0.900. The summed E-state index contributed by atoms with van der Waals surface area (Å²) in [7, 11) is 1.54. The zero-order valence-corrected chi connectivity index (χ0v) is 14.6. The molecule has 25 heavy (non-hydrogen) atoms. The third kappa shape index (κ3) is 4.30. The van der Waals surface area contributed by atoms with E-state index in [1.165, 1.54) is 7.11 Å². The Kier molecular flexibility index (Phi) is 5.55. The second kappa shape index (κ2) is 8.02. The molecular weight excluding hydrogens is 318 g/mol. The van der Waals surface area contributed by atoms with Crippen LogP contribution in [0.2, 0.25) is 0 Å². The minimum absolute atomic E-state index is 0.0171. The van der Waals surface area contributed by atoms with Crippen LogP contribution in [0.3, 0.4) is 0 Å². The molecular formula is C18H23N5O2. The van der Waals surface area contributed by atoms with Gasteiger partial charge in [-0.15, -0.1) is 0 Å². The average Bonchev–Trinajstić information content (AvgIpc) is 2.62. The first kappa shape index (κ1) is 17.3. The fourth-order valence-electron chi connectivity index (χ4n) is 3.08. The Labute approximate surface area is 147 Å². The van der Waals surface area contributed by atoms with Gasteiger partial charge in [-0.3, -0.25) is 4.79 Å². The molecule has 1 atom stereocenters. The van der Waals surface area contributed by atoms with Gasteiger partial charge in [0, 0.05) is 31.6 Å². The number of rotatable bonds is 5. The topological polar surface area (TPSA) is 80.2 Å². The number of ether oxygens (including phenoxy) is 1. The zero-order valence-electron chi connectivity index (χ0n) is 14.6. The number of aryl methyl sites for hydroxylation is 1. The molecule has 2 aromatic rings. The second-order valence-electron chi connectivity index (χ2n) is 6.12. The molecule has 7 heteroatoms. The predicted molar refractivity (Wildman–Crippen MR) is 94.5 cm³/mol. The first-order valence-electron chi connectivity index (χ1n) is 8.49. The Morgan fingerprint density at radius 2 is 2.20 bits per heavy atom. The van der Waals surface area contributed by atoms with Crippen LogP contribution in [0, 0.1) is 6.92 Å². The Balaban J connectivity index is 1.86. The standard InChI is InChI=1S/C18H23N5O2/c1-13-11-16(21-15-8-3-5-9-19-15)22-18(20-13)14-7-4-6-10-23(14)17(24)12-25-2/h3,5,8-9,11,14H,4,6-7,10,12H2,1-2H3,(H,19,20,21,22). The first-order valence-corrected chi connectivity index (χ1v) is 8.49. The van der Waals surface area contributed by atoms with E-state index in [0.717, 1.165) is 30.8 Å². The summed E-state index contributed by atoms with van der Waals surface area (Å²) in [6.07, 6.45) is 4.64. The van der Waals surface area contributed by atoms with E-state index in [0.29, 0.717) is 18.2 Å². The summed E-state index contributed by atoms with van der Waals surface area (Å²) in [4.78, 5) is 27.7. The van der Waals surface area contributed by atoms with Crippen LogP contribution in [-0.4, -0.2) is 46.0 Å². The van der Waals surface area contributed by atoms with E-state index in [2.05, 4.69) is 20.3 Å². The number of hydrogen-bond donors (Lipinski definition) is 1. The lowest BCUT2D eigenvalue weighted by molar-refractivity contribution is -0.139. The summed E-state index contributed by atoms with van der Waals surface area (Å²) in [5.74, 6) is 2.06. The number of amides is 1. The van der Waals surface area contributed by atoms with E-state index in [4.69, 9.17) is 4.74 Å². The molecule has 3 rings (SSSR count). The van der Waals surface area contributed by atoms with Crippen LogP contribution in [0.5, 0.6) is 0 Å². The molecule has 1 unspecified atom stereocenters. The smallest absolute Gasteiger partial charge is 0.249 e. The van der Waals surface area contributed by atoms with Crippen molar-refractivity contribution in [1.29, 1.82) is 0 Å². The Hall–Kier alpha value is -2.54. The molecule has 0 radical (unpaired) electrons. The van der Waals surface area contributed by atoms with Crippen molar-refractivity contribution in [2.45, 2.75) is 32.2 Å². The van der Waals surface area contributed by atoms with Crippen molar-refractivity contribution in [3.05, 3.63) is 42.0 Å². The van der Waals surface area contributed by atoms with Gasteiger partial charge >= 0.3 is 0 Å². The van der Waals surface area contributed by atoms with Crippen LogP contribution in [0.25, 0.3) is 0 Å². The Morgan fingerprint density at radius 3 is 2.96 bits per heavy atom. The molecule has 3 heterocycles. The molecule has 1 fully saturated rings. The molecule has 1 amide bonds. The molecule has 0 saturated carbocycles. The average molecular weight is 341 g/mol. The Morgan fingerprint density at radius 1 is 1.32 bits per heavy atom. The van der Waals surface area contributed by atoms with Gasteiger partial charge in [-0.05, 0) is 38.3 Å². The number of nitrogens with zero attached hydrogens (tertiary/aromatic N) is 4. The maximum Gasteiger partial charge on any atom is 0.249 e. The lowest BCUT2D eigenvalue weighted by atomic mass is 10.0. The highest BCUT2D eigenvalue weighted by Crippen LogP contribution is 2.30. The van der Waals surface area contributed by atoms with E-state index in [1.807, 2.05) is 36.1 Å². The SMILES string of the molecule is COCC(=O)N1CCCCC1c1nc(C)cc(Nc2ccccn2)n1. The van der Waals surface area contributed by atoms with Crippen molar-refractivity contribution in [2.75, 3.05) is 25.6 Å². The monoisotopic (exact) mass is 341 g/mol. The van der Waals surface area contributed by atoms with Crippen LogP contribution < -0.4 is 5.32 Å². The van der Waals surface area contributed by atoms with E-state index >= 15 is 0 Å². The fourth-order valence-corrected chi connectivity index (χ4v) is 3.08. The summed E-state index contributed by atoms with van der Waals surface area (Å²) in [5.41, 5.74) is 0.855. The minimum atomic E-state index is -0.111. The molecule has 0 spiro atoms. The van der Waals surface area contributed by atoms with Crippen LogP contribution in [0.15, 0.2) is 30.5 Å². The number of hydrogen-bond acceptors (Lipinski definition) is 6. The number of methoxy groups -OCH3 is 1. The van der Waals surface area contributed by atoms with Gasteiger partial charge in [0.1, 0.15) is 18.2 Å².